The number of pyridine rings is 1. The van der Waals surface area contributed by atoms with Crippen molar-refractivity contribution in [2.45, 2.75) is 26.9 Å². The Morgan fingerprint density at radius 2 is 1.85 bits per heavy atom. The zero-order valence-electron chi connectivity index (χ0n) is 15.2. The molecule has 1 N–H and O–H groups in total. The van der Waals surface area contributed by atoms with Crippen molar-refractivity contribution in [1.29, 1.82) is 0 Å². The van der Waals surface area contributed by atoms with Crippen LogP contribution in [0, 0.1) is 19.7 Å². The molecule has 2 aromatic carbocycles. The molecule has 1 heterocycles. The number of halogens is 1. The topological polar surface area (TPSA) is 68.3 Å². The van der Waals surface area contributed by atoms with Crippen LogP contribution in [0.25, 0.3) is 10.9 Å². The van der Waals surface area contributed by atoms with Crippen LogP contribution < -0.4 is 5.32 Å². The first-order valence-corrected chi connectivity index (χ1v) is 8.49. The van der Waals surface area contributed by atoms with Crippen molar-refractivity contribution in [1.82, 2.24) is 4.98 Å². The minimum absolute atomic E-state index is 0.302. The fourth-order valence-corrected chi connectivity index (χ4v) is 2.67. The minimum Gasteiger partial charge on any atom is -0.449 e. The number of hydrogen-bond acceptors (Lipinski definition) is 4. The van der Waals surface area contributed by atoms with E-state index in [1.165, 1.54) is 13.0 Å². The van der Waals surface area contributed by atoms with Crippen LogP contribution in [-0.4, -0.2) is 23.0 Å². The highest BCUT2D eigenvalue weighted by Crippen LogP contribution is 2.20. The van der Waals surface area contributed by atoms with E-state index in [-0.39, 0.29) is 0 Å². The molecule has 1 aromatic heterocycles. The van der Waals surface area contributed by atoms with E-state index in [2.05, 4.69) is 10.3 Å². The first-order valence-electron chi connectivity index (χ1n) is 8.49. The number of rotatable bonds is 4. The van der Waals surface area contributed by atoms with E-state index < -0.39 is 23.8 Å². The highest BCUT2D eigenvalue weighted by molar-refractivity contribution is 6.05. The molecule has 5 nitrogen and oxygen atoms in total. The summed E-state index contributed by atoms with van der Waals surface area (Å²) in [4.78, 5) is 29.3. The van der Waals surface area contributed by atoms with Crippen LogP contribution in [0.5, 0.6) is 0 Å². The quantitative estimate of drug-likeness (QED) is 0.704. The van der Waals surface area contributed by atoms with Crippen LogP contribution in [0.2, 0.25) is 0 Å². The van der Waals surface area contributed by atoms with Crippen molar-refractivity contribution in [2.24, 2.45) is 0 Å². The van der Waals surface area contributed by atoms with Crippen LogP contribution in [0.3, 0.4) is 0 Å². The van der Waals surface area contributed by atoms with Crippen LogP contribution in [0.4, 0.5) is 10.1 Å². The van der Waals surface area contributed by atoms with Gasteiger partial charge in [0.05, 0.1) is 11.1 Å². The predicted octanol–water partition coefficient (Wildman–Crippen LogP) is 4.17. The molecular weight excluding hydrogens is 347 g/mol. The fourth-order valence-electron chi connectivity index (χ4n) is 2.67. The molecule has 138 valence electrons. The van der Waals surface area contributed by atoms with Crippen LogP contribution in [0.15, 0.2) is 48.5 Å². The van der Waals surface area contributed by atoms with Crippen molar-refractivity contribution in [2.75, 3.05) is 5.32 Å². The maximum Gasteiger partial charge on any atom is 0.339 e. The van der Waals surface area contributed by atoms with Crippen molar-refractivity contribution in [3.8, 4) is 0 Å². The van der Waals surface area contributed by atoms with E-state index in [4.69, 9.17) is 4.74 Å². The lowest BCUT2D eigenvalue weighted by atomic mass is 10.1. The molecule has 27 heavy (non-hydrogen) atoms. The number of fused-ring (bicyclic) bond motifs is 1. The minimum atomic E-state index is -1.05. The molecule has 1 amide bonds. The Morgan fingerprint density at radius 3 is 2.59 bits per heavy atom. The normalized spacial score (nSPS) is 11.9. The van der Waals surface area contributed by atoms with Gasteiger partial charge in [0.15, 0.2) is 6.10 Å². The highest BCUT2D eigenvalue weighted by Gasteiger charge is 2.21. The first-order chi connectivity index (χ1) is 12.8. The number of ether oxygens (including phenoxy) is 1. The summed E-state index contributed by atoms with van der Waals surface area (Å²) in [6.45, 7) is 4.88. The Balaban J connectivity index is 1.75. The molecule has 6 heteroatoms. The number of amides is 1. The monoisotopic (exact) mass is 366 g/mol. The van der Waals surface area contributed by atoms with E-state index in [1.54, 1.807) is 50.2 Å². The largest absolute Gasteiger partial charge is 0.449 e. The highest BCUT2D eigenvalue weighted by atomic mass is 19.1. The molecule has 0 saturated heterocycles. The number of aryl methyl sites for hydroxylation is 2. The van der Waals surface area contributed by atoms with Gasteiger partial charge in [0.25, 0.3) is 5.91 Å². The van der Waals surface area contributed by atoms with E-state index in [1.807, 2.05) is 6.07 Å². The zero-order chi connectivity index (χ0) is 19.6. The zero-order valence-corrected chi connectivity index (χ0v) is 15.2. The van der Waals surface area contributed by atoms with Crippen molar-refractivity contribution in [3.05, 3.63) is 71.2 Å². The molecule has 3 rings (SSSR count). The average molecular weight is 366 g/mol. The van der Waals surface area contributed by atoms with Gasteiger partial charge in [-0.2, -0.15) is 0 Å². The lowest BCUT2D eigenvalue weighted by Crippen LogP contribution is -2.30. The van der Waals surface area contributed by atoms with Gasteiger partial charge in [-0.25, -0.2) is 9.18 Å². The van der Waals surface area contributed by atoms with E-state index >= 15 is 0 Å². The number of aromatic nitrogens is 1. The van der Waals surface area contributed by atoms with E-state index in [9.17, 15) is 14.0 Å². The molecule has 0 aliphatic heterocycles. The average Bonchev–Trinajstić information content (AvgIpc) is 2.63. The Hall–Kier alpha value is -3.28. The van der Waals surface area contributed by atoms with E-state index in [0.29, 0.717) is 33.4 Å². The maximum atomic E-state index is 13.6. The molecule has 0 bridgehead atoms. The van der Waals surface area contributed by atoms with Gasteiger partial charge < -0.3 is 10.1 Å². The van der Waals surface area contributed by atoms with Crippen molar-refractivity contribution in [3.63, 3.8) is 0 Å². The van der Waals surface area contributed by atoms with Gasteiger partial charge in [0.1, 0.15) is 5.82 Å². The predicted molar refractivity (Wildman–Crippen MR) is 101 cm³/mol. The third kappa shape index (κ3) is 4.11. The second-order valence-corrected chi connectivity index (χ2v) is 6.33. The SMILES string of the molecule is Cc1cc(C(=O)O[C@H](C)C(=O)Nc2ccc(C)c(F)c2)c2ccccc2n1. The third-order valence-corrected chi connectivity index (χ3v) is 4.16. The maximum absolute atomic E-state index is 13.6. The van der Waals surface area contributed by atoms with E-state index in [0.717, 1.165) is 0 Å². The van der Waals surface area contributed by atoms with Gasteiger partial charge in [0, 0.05) is 16.8 Å². The van der Waals surface area contributed by atoms with Crippen molar-refractivity contribution < 1.29 is 18.7 Å². The molecule has 0 aliphatic rings. The van der Waals surface area contributed by atoms with Gasteiger partial charge in [-0.1, -0.05) is 24.3 Å². The number of hydrogen-bond donors (Lipinski definition) is 1. The molecule has 0 saturated carbocycles. The van der Waals surface area contributed by atoms with Gasteiger partial charge >= 0.3 is 5.97 Å². The van der Waals surface area contributed by atoms with Gasteiger partial charge in [-0.05, 0) is 50.6 Å². The smallest absolute Gasteiger partial charge is 0.339 e. The summed E-state index contributed by atoms with van der Waals surface area (Å²) < 4.78 is 18.9. The summed E-state index contributed by atoms with van der Waals surface area (Å²) in [5, 5.41) is 3.20. The molecule has 0 fully saturated rings. The molecule has 0 spiro atoms. The van der Waals surface area contributed by atoms with Gasteiger partial charge in [0.2, 0.25) is 0 Å². The van der Waals surface area contributed by atoms with Gasteiger partial charge in [-0.15, -0.1) is 0 Å². The second-order valence-electron chi connectivity index (χ2n) is 6.33. The second kappa shape index (κ2) is 7.53. The Bertz CT molecular complexity index is 1030. The number of para-hydroxylation sites is 1. The number of nitrogens with one attached hydrogen (secondary N) is 1. The summed E-state index contributed by atoms with van der Waals surface area (Å²) in [5.41, 5.74) is 2.48. The number of carbonyl (C=O) groups is 2. The van der Waals surface area contributed by atoms with Crippen LogP contribution >= 0.6 is 0 Å². The third-order valence-electron chi connectivity index (χ3n) is 4.16. The summed E-state index contributed by atoms with van der Waals surface area (Å²) in [7, 11) is 0. The summed E-state index contributed by atoms with van der Waals surface area (Å²) in [5.74, 6) is -1.58. The Labute approximate surface area is 156 Å². The lowest BCUT2D eigenvalue weighted by Gasteiger charge is -2.15. The number of carbonyl (C=O) groups excluding carboxylic acids is 2. The number of anilines is 1. The van der Waals surface area contributed by atoms with Crippen LogP contribution in [-0.2, 0) is 9.53 Å². The standard InChI is InChI=1S/C21H19FN2O3/c1-12-8-9-15(11-18(12)22)24-20(25)14(3)27-21(26)17-10-13(2)23-19-7-5-4-6-16(17)19/h4-11,14H,1-3H3,(H,24,25)/t14-/m1/s1. The first kappa shape index (κ1) is 18.5. The number of benzene rings is 2. The molecular formula is C21H19FN2O3. The lowest BCUT2D eigenvalue weighted by molar-refractivity contribution is -0.123. The molecule has 3 aromatic rings. The number of esters is 1. The Kier molecular flexibility index (Phi) is 5.16. The summed E-state index contributed by atoms with van der Waals surface area (Å²) in [6.07, 6.45) is -1.05. The summed E-state index contributed by atoms with van der Waals surface area (Å²) >= 11 is 0. The number of nitrogens with zero attached hydrogens (tertiary/aromatic N) is 1. The van der Waals surface area contributed by atoms with Gasteiger partial charge in [-0.3, -0.25) is 9.78 Å². The van der Waals surface area contributed by atoms with Crippen molar-refractivity contribution >= 4 is 28.5 Å². The van der Waals surface area contributed by atoms with Crippen LogP contribution in [0.1, 0.15) is 28.5 Å². The molecule has 0 radical (unpaired) electrons. The molecule has 0 unspecified atom stereocenters. The molecule has 0 aliphatic carbocycles. The summed E-state index contributed by atoms with van der Waals surface area (Å²) in [6, 6.07) is 13.2. The Morgan fingerprint density at radius 1 is 1.11 bits per heavy atom. The fraction of sp³-hybridized carbons (Fsp3) is 0.190. The molecule has 1 atom stereocenters.